The molecular weight excluding hydrogens is 318 g/mol. The molecule has 1 aromatic rings. The fourth-order valence-electron chi connectivity index (χ4n) is 2.01. The number of urea groups is 1. The van der Waals surface area contributed by atoms with Gasteiger partial charge >= 0.3 is 18.0 Å². The summed E-state index contributed by atoms with van der Waals surface area (Å²) < 4.78 is 11.4. The lowest BCUT2D eigenvalue weighted by molar-refractivity contribution is -0.148. The number of amides is 3. The Morgan fingerprint density at radius 3 is 2.42 bits per heavy atom. The Balaban J connectivity index is 2.66. The third kappa shape index (κ3) is 5.11. The second-order valence-corrected chi connectivity index (χ2v) is 4.88. The summed E-state index contributed by atoms with van der Waals surface area (Å²) in [5.41, 5.74) is 1.62. The van der Waals surface area contributed by atoms with Gasteiger partial charge < -0.3 is 19.4 Å². The van der Waals surface area contributed by atoms with Crippen molar-refractivity contribution >= 4 is 23.9 Å². The van der Waals surface area contributed by atoms with Crippen LogP contribution < -0.4 is 10.6 Å². The van der Waals surface area contributed by atoms with Gasteiger partial charge in [0, 0.05) is 18.4 Å². The molecule has 9 nitrogen and oxygen atoms in total. The van der Waals surface area contributed by atoms with E-state index in [0.29, 0.717) is 17.0 Å². The summed E-state index contributed by atoms with van der Waals surface area (Å²) in [5, 5.41) is 4.17. The van der Waals surface area contributed by atoms with Crippen LogP contribution in [0.2, 0.25) is 0 Å². The summed E-state index contributed by atoms with van der Waals surface area (Å²) >= 11 is 0. The highest BCUT2D eigenvalue weighted by Gasteiger charge is 2.19. The van der Waals surface area contributed by atoms with E-state index < -0.39 is 30.5 Å². The third-order valence-corrected chi connectivity index (χ3v) is 3.20. The minimum atomic E-state index is -0.740. The second kappa shape index (κ2) is 8.70. The molecule has 0 aliphatic heterocycles. The molecule has 0 fully saturated rings. The number of esters is 2. The number of nitrogens with one attached hydrogen (secondary N) is 2. The van der Waals surface area contributed by atoms with Gasteiger partial charge in [-0.2, -0.15) is 0 Å². The molecule has 0 saturated heterocycles. The molecule has 1 heterocycles. The highest BCUT2D eigenvalue weighted by Crippen LogP contribution is 2.16. The van der Waals surface area contributed by atoms with E-state index in [1.54, 1.807) is 31.4 Å². The van der Waals surface area contributed by atoms with Gasteiger partial charge in [-0.3, -0.25) is 14.9 Å². The Labute approximate surface area is 139 Å². The maximum atomic E-state index is 11.8. The van der Waals surface area contributed by atoms with Crippen molar-refractivity contribution in [1.82, 2.24) is 15.2 Å². The van der Waals surface area contributed by atoms with Crippen LogP contribution in [-0.4, -0.2) is 48.7 Å². The van der Waals surface area contributed by atoms with Gasteiger partial charge in [-0.25, -0.2) is 9.59 Å². The Morgan fingerprint density at radius 1 is 1.17 bits per heavy atom. The Bertz CT molecular complexity index is 650. The monoisotopic (exact) mass is 339 g/mol. The molecule has 0 aliphatic rings. The molecule has 24 heavy (non-hydrogen) atoms. The van der Waals surface area contributed by atoms with Crippen LogP contribution in [0.15, 0.2) is 6.07 Å². The lowest BCUT2D eigenvalue weighted by Gasteiger charge is -2.10. The molecule has 0 spiro atoms. The van der Waals surface area contributed by atoms with Gasteiger partial charge in [-0.1, -0.05) is 0 Å². The average Bonchev–Trinajstić information content (AvgIpc) is 2.81. The number of ether oxygens (including phenoxy) is 2. The summed E-state index contributed by atoms with van der Waals surface area (Å²) in [7, 11) is 1.35. The van der Waals surface area contributed by atoms with Crippen molar-refractivity contribution < 1.29 is 28.7 Å². The summed E-state index contributed by atoms with van der Waals surface area (Å²) in [4.78, 5) is 45.9. The van der Waals surface area contributed by atoms with E-state index >= 15 is 0 Å². The maximum Gasteiger partial charge on any atom is 0.339 e. The van der Waals surface area contributed by atoms with Crippen molar-refractivity contribution in [2.45, 2.75) is 27.3 Å². The maximum absolute atomic E-state index is 11.8. The van der Waals surface area contributed by atoms with E-state index in [1.165, 1.54) is 7.05 Å². The first-order valence-electron chi connectivity index (χ1n) is 7.31. The largest absolute Gasteiger partial charge is 0.462 e. The first kappa shape index (κ1) is 19.2. The number of nitrogens with zero attached hydrogens (tertiary/aromatic N) is 1. The molecule has 132 valence electrons. The first-order chi connectivity index (χ1) is 11.3. The van der Waals surface area contributed by atoms with Crippen molar-refractivity contribution in [3.8, 4) is 0 Å². The van der Waals surface area contributed by atoms with Gasteiger partial charge in [0.2, 0.25) is 0 Å². The topological polar surface area (TPSA) is 116 Å². The molecular formula is C15H21N3O6. The van der Waals surface area contributed by atoms with Crippen LogP contribution in [0.4, 0.5) is 4.79 Å². The van der Waals surface area contributed by atoms with Gasteiger partial charge in [-0.15, -0.1) is 0 Å². The molecule has 1 rings (SSSR count). The lowest BCUT2D eigenvalue weighted by atomic mass is 10.2. The van der Waals surface area contributed by atoms with Gasteiger partial charge in [0.1, 0.15) is 6.54 Å². The number of carbonyl (C=O) groups excluding carboxylic acids is 4. The molecule has 0 aliphatic carbocycles. The van der Waals surface area contributed by atoms with E-state index in [2.05, 4.69) is 5.32 Å². The molecule has 0 saturated carbocycles. The number of hydrogen-bond donors (Lipinski definition) is 2. The van der Waals surface area contributed by atoms with E-state index in [-0.39, 0.29) is 13.2 Å². The van der Waals surface area contributed by atoms with Gasteiger partial charge in [0.15, 0.2) is 6.61 Å². The first-order valence-corrected chi connectivity index (χ1v) is 7.31. The zero-order valence-corrected chi connectivity index (χ0v) is 14.1. The average molecular weight is 339 g/mol. The second-order valence-electron chi connectivity index (χ2n) is 4.88. The van der Waals surface area contributed by atoms with Crippen molar-refractivity contribution in [2.24, 2.45) is 0 Å². The quantitative estimate of drug-likeness (QED) is 0.719. The van der Waals surface area contributed by atoms with E-state index in [1.807, 2.05) is 5.32 Å². The molecule has 9 heteroatoms. The van der Waals surface area contributed by atoms with Crippen LogP contribution in [0.1, 0.15) is 28.7 Å². The van der Waals surface area contributed by atoms with Crippen molar-refractivity contribution in [2.75, 3.05) is 20.3 Å². The Morgan fingerprint density at radius 2 is 1.83 bits per heavy atom. The van der Waals surface area contributed by atoms with Crippen LogP contribution in [-0.2, 0) is 25.6 Å². The van der Waals surface area contributed by atoms with Crippen molar-refractivity contribution in [1.29, 1.82) is 0 Å². The standard InChI is InChI=1S/C15H21N3O6/c1-5-23-14(21)11-6-9(2)18(10(11)3)7-13(20)24-8-12(19)17-15(22)16-4/h6H,5,7-8H2,1-4H3,(H2,16,17,19,22). The van der Waals surface area contributed by atoms with E-state index in [0.717, 1.165) is 0 Å². The summed E-state index contributed by atoms with van der Waals surface area (Å²) in [5.74, 6) is -1.87. The summed E-state index contributed by atoms with van der Waals surface area (Å²) in [6, 6.07) is 0.936. The molecule has 0 unspecified atom stereocenters. The van der Waals surface area contributed by atoms with Crippen LogP contribution in [0.25, 0.3) is 0 Å². The molecule has 0 radical (unpaired) electrons. The van der Waals surface area contributed by atoms with Crippen LogP contribution in [0.3, 0.4) is 0 Å². The SMILES string of the molecule is CCOC(=O)c1cc(C)n(CC(=O)OCC(=O)NC(=O)NC)c1C. The molecule has 1 aromatic heterocycles. The molecule has 3 amide bonds. The van der Waals surface area contributed by atoms with Gasteiger partial charge in [0.05, 0.1) is 12.2 Å². The van der Waals surface area contributed by atoms with E-state index in [4.69, 9.17) is 9.47 Å². The van der Waals surface area contributed by atoms with E-state index in [9.17, 15) is 19.2 Å². The zero-order valence-electron chi connectivity index (χ0n) is 14.1. The van der Waals surface area contributed by atoms with Crippen LogP contribution >= 0.6 is 0 Å². The fraction of sp³-hybridized carbons (Fsp3) is 0.467. The predicted molar refractivity (Wildman–Crippen MR) is 83.4 cm³/mol. The van der Waals surface area contributed by atoms with Crippen LogP contribution in [0, 0.1) is 13.8 Å². The Kier molecular flexibility index (Phi) is 6.97. The fourth-order valence-corrected chi connectivity index (χ4v) is 2.01. The Hall–Kier alpha value is -2.84. The number of carbonyl (C=O) groups is 4. The normalized spacial score (nSPS) is 10.0. The minimum absolute atomic E-state index is 0.162. The number of aromatic nitrogens is 1. The lowest BCUT2D eigenvalue weighted by Crippen LogP contribution is -2.39. The molecule has 0 aromatic carbocycles. The number of aryl methyl sites for hydroxylation is 1. The third-order valence-electron chi connectivity index (χ3n) is 3.20. The van der Waals surface area contributed by atoms with Crippen LogP contribution in [0.5, 0.6) is 0 Å². The number of hydrogen-bond acceptors (Lipinski definition) is 6. The van der Waals surface area contributed by atoms with Crippen molar-refractivity contribution in [3.05, 3.63) is 23.0 Å². The summed E-state index contributed by atoms with van der Waals surface area (Å²) in [6.07, 6.45) is 0. The predicted octanol–water partition coefficient (Wildman–Crippen LogP) is 0.280. The zero-order chi connectivity index (χ0) is 18.3. The highest BCUT2D eigenvalue weighted by atomic mass is 16.5. The minimum Gasteiger partial charge on any atom is -0.462 e. The van der Waals surface area contributed by atoms with Gasteiger partial charge in [0.25, 0.3) is 5.91 Å². The number of imide groups is 1. The summed E-state index contributed by atoms with van der Waals surface area (Å²) in [6.45, 7) is 4.65. The molecule has 0 atom stereocenters. The van der Waals surface area contributed by atoms with Gasteiger partial charge in [-0.05, 0) is 26.8 Å². The highest BCUT2D eigenvalue weighted by molar-refractivity contribution is 5.95. The number of rotatable bonds is 6. The molecule has 2 N–H and O–H groups in total. The smallest absolute Gasteiger partial charge is 0.339 e. The van der Waals surface area contributed by atoms with Crippen molar-refractivity contribution in [3.63, 3.8) is 0 Å². The molecule has 0 bridgehead atoms.